The molecule has 0 spiro atoms. The minimum atomic E-state index is -1.84. The van der Waals surface area contributed by atoms with Crippen LogP contribution in [0.2, 0.25) is 0 Å². The smallest absolute Gasteiger partial charge is 0.196 e. The first-order valence-electron chi connectivity index (χ1n) is 4.93. The van der Waals surface area contributed by atoms with Crippen LogP contribution in [0.3, 0.4) is 0 Å². The first kappa shape index (κ1) is 10.3. The maximum atomic E-state index is 9.97. The summed E-state index contributed by atoms with van der Waals surface area (Å²) in [6.07, 6.45) is -2.95. The van der Waals surface area contributed by atoms with Gasteiger partial charge in [-0.15, -0.1) is 0 Å². The Balaban J connectivity index is 1.94. The van der Waals surface area contributed by atoms with E-state index < -0.39 is 35.3 Å². The SMILES string of the molecule is CC1(C)O[C@H]2[C@@H]3O[C@@H]3[C@H](O)[C@@](O)(Cl)[C@H]2O1. The second-order valence-electron chi connectivity index (χ2n) is 4.76. The van der Waals surface area contributed by atoms with E-state index in [0.717, 1.165) is 0 Å². The van der Waals surface area contributed by atoms with Gasteiger partial charge in [0.1, 0.15) is 30.5 Å². The predicted octanol–water partition coefficient (Wildman–Crippen LogP) is -0.424. The molecule has 6 atom stereocenters. The molecule has 0 radical (unpaired) electrons. The van der Waals surface area contributed by atoms with E-state index in [1.54, 1.807) is 13.8 Å². The van der Waals surface area contributed by atoms with Crippen LogP contribution in [-0.2, 0) is 14.2 Å². The lowest BCUT2D eigenvalue weighted by Gasteiger charge is -2.35. The second-order valence-corrected chi connectivity index (χ2v) is 5.36. The monoisotopic (exact) mass is 236 g/mol. The van der Waals surface area contributed by atoms with Gasteiger partial charge in [0.25, 0.3) is 0 Å². The summed E-state index contributed by atoms with van der Waals surface area (Å²) in [7, 11) is 0. The number of rotatable bonds is 0. The average molecular weight is 237 g/mol. The molecule has 15 heavy (non-hydrogen) atoms. The minimum absolute atomic E-state index is 0.217. The van der Waals surface area contributed by atoms with Crippen molar-refractivity contribution in [3.8, 4) is 0 Å². The van der Waals surface area contributed by atoms with Crippen LogP contribution in [0.5, 0.6) is 0 Å². The number of fused-ring (bicyclic) bond motifs is 3. The van der Waals surface area contributed by atoms with Gasteiger partial charge in [0.15, 0.2) is 10.8 Å². The molecule has 3 fully saturated rings. The van der Waals surface area contributed by atoms with E-state index in [2.05, 4.69) is 0 Å². The van der Waals surface area contributed by atoms with Gasteiger partial charge in [-0.05, 0) is 13.8 Å². The van der Waals surface area contributed by atoms with E-state index in [0.29, 0.717) is 0 Å². The maximum absolute atomic E-state index is 9.97. The maximum Gasteiger partial charge on any atom is 0.196 e. The number of hydrogen-bond donors (Lipinski definition) is 2. The second kappa shape index (κ2) is 2.67. The molecule has 2 saturated heterocycles. The molecule has 3 aliphatic rings. The normalized spacial score (nSPS) is 61.0. The summed E-state index contributed by atoms with van der Waals surface area (Å²) < 4.78 is 16.3. The van der Waals surface area contributed by atoms with Crippen LogP contribution in [0, 0.1) is 0 Å². The van der Waals surface area contributed by atoms with Crippen molar-refractivity contribution in [3.05, 3.63) is 0 Å². The first-order valence-corrected chi connectivity index (χ1v) is 5.31. The van der Waals surface area contributed by atoms with Crippen LogP contribution in [0.4, 0.5) is 0 Å². The molecule has 0 aromatic carbocycles. The molecule has 2 aliphatic heterocycles. The third-order valence-electron chi connectivity index (χ3n) is 3.14. The van der Waals surface area contributed by atoms with Crippen LogP contribution in [0.1, 0.15) is 13.8 Å². The number of epoxide rings is 1. The Kier molecular flexibility index (Phi) is 1.82. The summed E-state index contributed by atoms with van der Waals surface area (Å²) in [5.74, 6) is -0.807. The van der Waals surface area contributed by atoms with Gasteiger partial charge < -0.3 is 24.4 Å². The van der Waals surface area contributed by atoms with Crippen molar-refractivity contribution >= 4 is 11.6 Å². The van der Waals surface area contributed by atoms with E-state index in [1.165, 1.54) is 0 Å². The molecule has 2 heterocycles. The Morgan fingerprint density at radius 1 is 1.13 bits per heavy atom. The summed E-state index contributed by atoms with van der Waals surface area (Å²) in [6.45, 7) is 3.48. The molecule has 1 saturated carbocycles. The number of alkyl halides is 1. The summed E-state index contributed by atoms with van der Waals surface area (Å²) >= 11 is 5.89. The molecule has 0 aromatic heterocycles. The molecule has 86 valence electrons. The number of aliphatic hydroxyl groups excluding tert-OH is 1. The highest BCUT2D eigenvalue weighted by Crippen LogP contribution is 2.51. The quantitative estimate of drug-likeness (QED) is 0.441. The topological polar surface area (TPSA) is 71.5 Å². The zero-order valence-electron chi connectivity index (χ0n) is 8.38. The van der Waals surface area contributed by atoms with Gasteiger partial charge in [0.05, 0.1) is 0 Å². The number of aliphatic hydroxyl groups is 2. The molecule has 0 unspecified atom stereocenters. The minimum Gasteiger partial charge on any atom is -0.386 e. The van der Waals surface area contributed by atoms with Gasteiger partial charge in [-0.1, -0.05) is 11.6 Å². The highest BCUT2D eigenvalue weighted by atomic mass is 35.5. The summed E-state index contributed by atoms with van der Waals surface area (Å²) in [5, 5.41) is 17.9. The molecule has 0 aromatic rings. The Bertz CT molecular complexity index is 305. The van der Waals surface area contributed by atoms with Crippen LogP contribution in [0.15, 0.2) is 0 Å². The molecular formula is C9H13ClO5. The van der Waals surface area contributed by atoms with Gasteiger partial charge in [-0.3, -0.25) is 0 Å². The van der Waals surface area contributed by atoms with Gasteiger partial charge in [-0.2, -0.15) is 0 Å². The fraction of sp³-hybridized carbons (Fsp3) is 1.00. The van der Waals surface area contributed by atoms with Gasteiger partial charge in [0, 0.05) is 0 Å². The van der Waals surface area contributed by atoms with Crippen molar-refractivity contribution in [1.29, 1.82) is 0 Å². The van der Waals surface area contributed by atoms with Crippen LogP contribution < -0.4 is 0 Å². The Morgan fingerprint density at radius 2 is 1.80 bits per heavy atom. The molecule has 0 bridgehead atoms. The van der Waals surface area contributed by atoms with E-state index in [4.69, 9.17) is 25.8 Å². The van der Waals surface area contributed by atoms with E-state index in [1.807, 2.05) is 0 Å². The average Bonchev–Trinajstić information content (AvgIpc) is 2.82. The standard InChI is InChI=1S/C9H13ClO5/c1-8(2)14-5-3-4(13-3)6(11)9(10,12)7(5)15-8/h3-7,11-12H,1-2H3/t3-,4+,5+,6+,7+,9+/m1/s1. The third-order valence-corrected chi connectivity index (χ3v) is 3.58. The van der Waals surface area contributed by atoms with Crippen LogP contribution >= 0.6 is 11.6 Å². The fourth-order valence-electron chi connectivity index (χ4n) is 2.40. The Labute approximate surface area is 91.9 Å². The number of halogens is 1. The molecule has 1 aliphatic carbocycles. The fourth-order valence-corrected chi connectivity index (χ4v) is 2.69. The lowest BCUT2D eigenvalue weighted by molar-refractivity contribution is -0.171. The van der Waals surface area contributed by atoms with Crippen molar-refractivity contribution in [2.75, 3.05) is 0 Å². The summed E-state index contributed by atoms with van der Waals surface area (Å²) in [5.41, 5.74) is 0. The van der Waals surface area contributed by atoms with Crippen molar-refractivity contribution in [3.63, 3.8) is 0 Å². The van der Waals surface area contributed by atoms with Gasteiger partial charge in [0.2, 0.25) is 0 Å². The van der Waals surface area contributed by atoms with Crippen LogP contribution in [-0.4, -0.2) is 51.6 Å². The molecular weight excluding hydrogens is 224 g/mol. The molecule has 6 heteroatoms. The third kappa shape index (κ3) is 1.28. The molecule has 5 nitrogen and oxygen atoms in total. The van der Waals surface area contributed by atoms with Crippen LogP contribution in [0.25, 0.3) is 0 Å². The first-order chi connectivity index (χ1) is 6.83. The number of hydrogen-bond acceptors (Lipinski definition) is 5. The molecule has 3 rings (SSSR count). The zero-order chi connectivity index (χ0) is 11.0. The Morgan fingerprint density at radius 3 is 2.47 bits per heavy atom. The summed E-state index contributed by atoms with van der Waals surface area (Å²) in [4.78, 5) is 0. The summed E-state index contributed by atoms with van der Waals surface area (Å²) in [6, 6.07) is 0. The van der Waals surface area contributed by atoms with Gasteiger partial charge >= 0.3 is 0 Å². The van der Waals surface area contributed by atoms with E-state index in [-0.39, 0.29) is 6.10 Å². The van der Waals surface area contributed by atoms with E-state index in [9.17, 15) is 10.2 Å². The highest BCUT2D eigenvalue weighted by molar-refractivity contribution is 6.23. The van der Waals surface area contributed by atoms with E-state index >= 15 is 0 Å². The number of ether oxygens (including phenoxy) is 3. The van der Waals surface area contributed by atoms with Crippen molar-refractivity contribution in [1.82, 2.24) is 0 Å². The zero-order valence-corrected chi connectivity index (χ0v) is 9.14. The largest absolute Gasteiger partial charge is 0.386 e. The van der Waals surface area contributed by atoms with Gasteiger partial charge in [-0.25, -0.2) is 0 Å². The van der Waals surface area contributed by atoms with Crippen molar-refractivity contribution < 1.29 is 24.4 Å². The molecule has 2 N–H and O–H groups in total. The molecule has 0 amide bonds. The van der Waals surface area contributed by atoms with Crippen molar-refractivity contribution in [2.24, 2.45) is 0 Å². The Hall–Kier alpha value is 0.0900. The predicted molar refractivity (Wildman–Crippen MR) is 49.3 cm³/mol. The lowest BCUT2D eigenvalue weighted by Crippen LogP contribution is -2.59. The lowest BCUT2D eigenvalue weighted by atomic mass is 9.89. The highest BCUT2D eigenvalue weighted by Gasteiger charge is 2.71. The van der Waals surface area contributed by atoms with Crippen molar-refractivity contribution in [2.45, 2.75) is 55.2 Å².